The van der Waals surface area contributed by atoms with Gasteiger partial charge in [0.25, 0.3) is 0 Å². The van der Waals surface area contributed by atoms with Crippen molar-refractivity contribution < 1.29 is 19.8 Å². The predicted octanol–water partition coefficient (Wildman–Crippen LogP) is -0.102. The second kappa shape index (κ2) is 7.02. The van der Waals surface area contributed by atoms with Crippen molar-refractivity contribution in [2.45, 2.75) is 31.4 Å². The Hall–Kier alpha value is -1.92. The first-order valence-electron chi connectivity index (χ1n) is 6.31. The number of nitrogens with two attached hydrogens (primary N) is 1. The third kappa shape index (κ3) is 5.81. The largest absolute Gasteiger partial charge is 0.481 e. The Bertz CT molecular complexity index is 460. The molecule has 1 rings (SSSR count). The standard InChI is InChI=1S/C14H20N2O4/c1-14(20,8-12(17)18)9-16-13(19)11(15)7-10-5-3-2-4-6-10/h2-6,11,20H,7-9,15H2,1H3,(H,16,19)(H,17,18). The van der Waals surface area contributed by atoms with E-state index in [1.54, 1.807) is 0 Å². The molecule has 0 aromatic heterocycles. The van der Waals surface area contributed by atoms with E-state index in [4.69, 9.17) is 10.8 Å². The summed E-state index contributed by atoms with van der Waals surface area (Å²) in [7, 11) is 0. The minimum absolute atomic E-state index is 0.152. The highest BCUT2D eigenvalue weighted by atomic mass is 16.4. The van der Waals surface area contributed by atoms with Crippen LogP contribution in [0.3, 0.4) is 0 Å². The maximum atomic E-state index is 11.8. The monoisotopic (exact) mass is 280 g/mol. The molecule has 0 fully saturated rings. The lowest BCUT2D eigenvalue weighted by atomic mass is 10.0. The van der Waals surface area contributed by atoms with Gasteiger partial charge in [0.2, 0.25) is 5.91 Å². The maximum absolute atomic E-state index is 11.8. The molecule has 0 spiro atoms. The fraction of sp³-hybridized carbons (Fsp3) is 0.429. The molecule has 6 heteroatoms. The molecule has 0 saturated carbocycles. The summed E-state index contributed by atoms with van der Waals surface area (Å²) in [6, 6.07) is 8.59. The Kier molecular flexibility index (Phi) is 5.66. The van der Waals surface area contributed by atoms with Crippen molar-refractivity contribution in [3.8, 4) is 0 Å². The summed E-state index contributed by atoms with van der Waals surface area (Å²) < 4.78 is 0. The average Bonchev–Trinajstić information content (AvgIpc) is 2.35. The zero-order valence-electron chi connectivity index (χ0n) is 11.4. The van der Waals surface area contributed by atoms with E-state index < -0.39 is 29.9 Å². The highest BCUT2D eigenvalue weighted by molar-refractivity contribution is 5.82. The normalized spacial score (nSPS) is 15.2. The van der Waals surface area contributed by atoms with Gasteiger partial charge in [-0.05, 0) is 18.9 Å². The molecule has 0 aliphatic carbocycles. The van der Waals surface area contributed by atoms with Crippen molar-refractivity contribution in [3.05, 3.63) is 35.9 Å². The van der Waals surface area contributed by atoms with E-state index in [2.05, 4.69) is 5.32 Å². The molecule has 0 radical (unpaired) electrons. The Labute approximate surface area is 117 Å². The molecule has 2 atom stereocenters. The van der Waals surface area contributed by atoms with Gasteiger partial charge in [0.1, 0.15) is 0 Å². The van der Waals surface area contributed by atoms with E-state index in [1.807, 2.05) is 30.3 Å². The molecule has 1 aromatic rings. The van der Waals surface area contributed by atoms with E-state index in [0.717, 1.165) is 5.56 Å². The first-order valence-corrected chi connectivity index (χ1v) is 6.31. The quantitative estimate of drug-likeness (QED) is 0.557. The van der Waals surface area contributed by atoms with Crippen LogP contribution in [-0.4, -0.2) is 40.3 Å². The van der Waals surface area contributed by atoms with Crippen molar-refractivity contribution in [1.29, 1.82) is 0 Å². The van der Waals surface area contributed by atoms with Gasteiger partial charge >= 0.3 is 5.97 Å². The number of aliphatic hydroxyl groups is 1. The van der Waals surface area contributed by atoms with Crippen LogP contribution >= 0.6 is 0 Å². The molecule has 6 nitrogen and oxygen atoms in total. The third-order valence-corrected chi connectivity index (χ3v) is 2.81. The summed E-state index contributed by atoms with van der Waals surface area (Å²) in [5.41, 5.74) is 5.22. The fourth-order valence-electron chi connectivity index (χ4n) is 1.76. The second-order valence-electron chi connectivity index (χ2n) is 5.08. The van der Waals surface area contributed by atoms with E-state index in [-0.39, 0.29) is 6.54 Å². The summed E-state index contributed by atoms with van der Waals surface area (Å²) in [5, 5.41) is 20.9. The third-order valence-electron chi connectivity index (χ3n) is 2.81. The number of nitrogens with one attached hydrogen (secondary N) is 1. The van der Waals surface area contributed by atoms with Crippen molar-refractivity contribution >= 4 is 11.9 Å². The molecular weight excluding hydrogens is 260 g/mol. The van der Waals surface area contributed by atoms with E-state index in [9.17, 15) is 14.7 Å². The SMILES string of the molecule is CC(O)(CNC(=O)C(N)Cc1ccccc1)CC(=O)O. The van der Waals surface area contributed by atoms with Crippen LogP contribution in [0.4, 0.5) is 0 Å². The molecule has 110 valence electrons. The summed E-state index contributed by atoms with van der Waals surface area (Å²) in [4.78, 5) is 22.3. The van der Waals surface area contributed by atoms with Gasteiger partial charge in [0.05, 0.1) is 18.1 Å². The van der Waals surface area contributed by atoms with Gasteiger partial charge in [-0.25, -0.2) is 0 Å². The zero-order chi connectivity index (χ0) is 15.2. The van der Waals surface area contributed by atoms with Gasteiger partial charge in [-0.3, -0.25) is 9.59 Å². The molecule has 0 saturated heterocycles. The molecule has 0 aliphatic rings. The number of carbonyl (C=O) groups excluding carboxylic acids is 1. The number of hydrogen-bond acceptors (Lipinski definition) is 4. The highest BCUT2D eigenvalue weighted by Gasteiger charge is 2.25. The minimum Gasteiger partial charge on any atom is -0.481 e. The van der Waals surface area contributed by atoms with E-state index in [0.29, 0.717) is 6.42 Å². The topological polar surface area (TPSA) is 113 Å². The Morgan fingerprint density at radius 1 is 1.35 bits per heavy atom. The Morgan fingerprint density at radius 2 is 1.95 bits per heavy atom. The van der Waals surface area contributed by atoms with Crippen molar-refractivity contribution in [2.75, 3.05) is 6.54 Å². The van der Waals surface area contributed by atoms with Gasteiger partial charge in [0, 0.05) is 6.54 Å². The molecule has 1 amide bonds. The number of rotatable bonds is 7. The van der Waals surface area contributed by atoms with Gasteiger partial charge in [0.15, 0.2) is 0 Å². The first-order chi connectivity index (χ1) is 9.30. The number of carboxylic acids is 1. The van der Waals surface area contributed by atoms with Crippen LogP contribution in [-0.2, 0) is 16.0 Å². The molecule has 0 bridgehead atoms. The average molecular weight is 280 g/mol. The van der Waals surface area contributed by atoms with Crippen LogP contribution in [0.15, 0.2) is 30.3 Å². The van der Waals surface area contributed by atoms with Gasteiger partial charge in [-0.1, -0.05) is 30.3 Å². The van der Waals surface area contributed by atoms with Gasteiger partial charge in [-0.15, -0.1) is 0 Å². The molecule has 2 unspecified atom stereocenters. The predicted molar refractivity (Wildman–Crippen MR) is 74.0 cm³/mol. The fourth-order valence-corrected chi connectivity index (χ4v) is 1.76. The molecule has 0 heterocycles. The van der Waals surface area contributed by atoms with Crippen molar-refractivity contribution in [1.82, 2.24) is 5.32 Å². The number of aliphatic carboxylic acids is 1. The maximum Gasteiger partial charge on any atom is 0.306 e. The summed E-state index contributed by atoms with van der Waals surface area (Å²) in [6.45, 7) is 1.20. The summed E-state index contributed by atoms with van der Waals surface area (Å²) >= 11 is 0. The van der Waals surface area contributed by atoms with Crippen molar-refractivity contribution in [2.24, 2.45) is 5.73 Å². The molecule has 5 N–H and O–H groups in total. The van der Waals surface area contributed by atoms with Gasteiger partial charge in [-0.2, -0.15) is 0 Å². The lowest BCUT2D eigenvalue weighted by Crippen LogP contribution is -2.48. The molecule has 0 aliphatic heterocycles. The molecule has 1 aromatic carbocycles. The van der Waals surface area contributed by atoms with Crippen LogP contribution in [0.25, 0.3) is 0 Å². The van der Waals surface area contributed by atoms with E-state index in [1.165, 1.54) is 6.92 Å². The van der Waals surface area contributed by atoms with Crippen molar-refractivity contribution in [3.63, 3.8) is 0 Å². The lowest BCUT2D eigenvalue weighted by Gasteiger charge is -2.22. The highest BCUT2D eigenvalue weighted by Crippen LogP contribution is 2.08. The lowest BCUT2D eigenvalue weighted by molar-refractivity contribution is -0.142. The minimum atomic E-state index is -1.49. The second-order valence-corrected chi connectivity index (χ2v) is 5.08. The number of carbonyl (C=O) groups is 2. The number of amides is 1. The zero-order valence-corrected chi connectivity index (χ0v) is 11.4. The molecule has 20 heavy (non-hydrogen) atoms. The summed E-state index contributed by atoms with van der Waals surface area (Å²) in [6.07, 6.45) is -0.0606. The number of hydrogen-bond donors (Lipinski definition) is 4. The van der Waals surface area contributed by atoms with Crippen LogP contribution in [0, 0.1) is 0 Å². The number of carboxylic acid groups (broad SMARTS) is 1. The molecular formula is C14H20N2O4. The van der Waals surface area contributed by atoms with Crippen LogP contribution in [0.1, 0.15) is 18.9 Å². The van der Waals surface area contributed by atoms with Crippen LogP contribution in [0.2, 0.25) is 0 Å². The van der Waals surface area contributed by atoms with Gasteiger partial charge < -0.3 is 21.3 Å². The van der Waals surface area contributed by atoms with E-state index >= 15 is 0 Å². The summed E-state index contributed by atoms with van der Waals surface area (Å²) in [5.74, 6) is -1.54. The number of benzene rings is 1. The van der Waals surface area contributed by atoms with Crippen LogP contribution < -0.4 is 11.1 Å². The Balaban J connectivity index is 2.44. The smallest absolute Gasteiger partial charge is 0.306 e. The first kappa shape index (κ1) is 16.1. The van der Waals surface area contributed by atoms with Crippen LogP contribution in [0.5, 0.6) is 0 Å². The Morgan fingerprint density at radius 3 is 2.50 bits per heavy atom.